The zero-order valence-corrected chi connectivity index (χ0v) is 15.7. The first-order chi connectivity index (χ1) is 13.7. The summed E-state index contributed by atoms with van der Waals surface area (Å²) in [5.41, 5.74) is 6.62. The Labute approximate surface area is 164 Å². The molecule has 2 N–H and O–H groups in total. The molecule has 1 fully saturated rings. The highest BCUT2D eigenvalue weighted by Gasteiger charge is 2.40. The summed E-state index contributed by atoms with van der Waals surface area (Å²) in [5, 5.41) is 7.00. The monoisotopic (exact) mass is 415 g/mol. The molecule has 0 saturated heterocycles. The van der Waals surface area contributed by atoms with Gasteiger partial charge in [0.1, 0.15) is 17.5 Å². The van der Waals surface area contributed by atoms with Gasteiger partial charge in [-0.05, 0) is 48.9 Å². The Morgan fingerprint density at radius 2 is 1.90 bits per heavy atom. The van der Waals surface area contributed by atoms with E-state index < -0.39 is 23.6 Å². The van der Waals surface area contributed by atoms with E-state index in [-0.39, 0.29) is 24.4 Å². The minimum absolute atomic E-state index is 0.188. The van der Waals surface area contributed by atoms with Gasteiger partial charge in [0, 0.05) is 31.6 Å². The second-order valence-corrected chi connectivity index (χ2v) is 7.94. The van der Waals surface area contributed by atoms with Gasteiger partial charge in [-0.25, -0.2) is 8.78 Å². The normalized spacial score (nSPS) is 25.8. The lowest BCUT2D eigenvalue weighted by atomic mass is 9.75. The fourth-order valence-corrected chi connectivity index (χ4v) is 4.59. The molecule has 10 heteroatoms. The van der Waals surface area contributed by atoms with E-state index >= 15 is 0 Å². The predicted octanol–water partition coefficient (Wildman–Crippen LogP) is 3.30. The highest BCUT2D eigenvalue weighted by Crippen LogP contribution is 2.37. The molecule has 1 unspecified atom stereocenters. The van der Waals surface area contributed by atoms with Crippen LogP contribution in [0.3, 0.4) is 0 Å². The standard InChI is InChI=1S/C19H22F5N5/c20-12-2-4-15(21)14(8-12)13-3-1-11(7-16(13)25)9-28-5-6-29-17(10-28)26-27-18(29)19(22,23)24/h2,4,8,11,13,16H,1,3,5-7,9-10,25H2/t11?,13-,16+/m1/s1. The van der Waals surface area contributed by atoms with Crippen LogP contribution in [0.15, 0.2) is 18.2 Å². The van der Waals surface area contributed by atoms with Crippen LogP contribution in [0.1, 0.15) is 42.4 Å². The lowest BCUT2D eigenvalue weighted by Crippen LogP contribution is -2.42. The van der Waals surface area contributed by atoms with E-state index in [4.69, 9.17) is 5.73 Å². The van der Waals surface area contributed by atoms with Crippen LogP contribution in [0.2, 0.25) is 0 Å². The number of alkyl halides is 3. The van der Waals surface area contributed by atoms with Gasteiger partial charge in [-0.2, -0.15) is 13.2 Å². The largest absolute Gasteiger partial charge is 0.451 e. The number of nitrogens with zero attached hydrogens (tertiary/aromatic N) is 4. The van der Waals surface area contributed by atoms with Crippen molar-refractivity contribution >= 4 is 0 Å². The molecular formula is C19H22F5N5. The van der Waals surface area contributed by atoms with Crippen LogP contribution in [0, 0.1) is 17.6 Å². The van der Waals surface area contributed by atoms with Gasteiger partial charge in [0.15, 0.2) is 0 Å². The summed E-state index contributed by atoms with van der Waals surface area (Å²) in [5.74, 6) is -1.56. The number of rotatable bonds is 3. The molecule has 1 aromatic carbocycles. The summed E-state index contributed by atoms with van der Waals surface area (Å²) in [6.07, 6.45) is -2.41. The first-order valence-corrected chi connectivity index (χ1v) is 9.64. The molecule has 1 aliphatic carbocycles. The topological polar surface area (TPSA) is 60.0 Å². The molecule has 0 amide bonds. The van der Waals surface area contributed by atoms with Crippen LogP contribution >= 0.6 is 0 Å². The molecule has 158 valence electrons. The minimum Gasteiger partial charge on any atom is -0.327 e. The molecule has 1 aromatic heterocycles. The highest BCUT2D eigenvalue weighted by molar-refractivity contribution is 5.25. The third-order valence-electron chi connectivity index (χ3n) is 5.97. The number of hydrogen-bond donors (Lipinski definition) is 1. The van der Waals surface area contributed by atoms with E-state index in [0.717, 1.165) is 23.1 Å². The Morgan fingerprint density at radius 1 is 1.10 bits per heavy atom. The van der Waals surface area contributed by atoms with Gasteiger partial charge in [0.25, 0.3) is 0 Å². The summed E-state index contributed by atoms with van der Waals surface area (Å²) >= 11 is 0. The average Bonchev–Trinajstić information content (AvgIpc) is 3.08. The SMILES string of the molecule is N[C@H]1CC(CN2CCn3c(nnc3C(F)(F)F)C2)CC[C@@H]1c1cc(F)ccc1F. The molecule has 0 spiro atoms. The third-order valence-corrected chi connectivity index (χ3v) is 5.97. The van der Waals surface area contributed by atoms with Crippen molar-refractivity contribution in [1.82, 2.24) is 19.7 Å². The molecule has 2 aromatic rings. The lowest BCUT2D eigenvalue weighted by molar-refractivity contribution is -0.148. The van der Waals surface area contributed by atoms with E-state index in [9.17, 15) is 22.0 Å². The molecule has 3 atom stereocenters. The van der Waals surface area contributed by atoms with Crippen LogP contribution in [0.5, 0.6) is 0 Å². The van der Waals surface area contributed by atoms with Crippen molar-refractivity contribution < 1.29 is 22.0 Å². The van der Waals surface area contributed by atoms with Gasteiger partial charge in [-0.1, -0.05) is 0 Å². The van der Waals surface area contributed by atoms with Gasteiger partial charge in [0.2, 0.25) is 5.82 Å². The smallest absolute Gasteiger partial charge is 0.327 e. The van der Waals surface area contributed by atoms with Crippen molar-refractivity contribution in [3.63, 3.8) is 0 Å². The minimum atomic E-state index is -4.51. The van der Waals surface area contributed by atoms with Crippen LogP contribution in [-0.4, -0.2) is 38.8 Å². The number of benzene rings is 1. The van der Waals surface area contributed by atoms with Crippen molar-refractivity contribution in [3.8, 4) is 0 Å². The van der Waals surface area contributed by atoms with Gasteiger partial charge in [0.05, 0.1) is 6.54 Å². The number of halogens is 5. The first-order valence-electron chi connectivity index (χ1n) is 9.64. The Morgan fingerprint density at radius 3 is 2.62 bits per heavy atom. The van der Waals surface area contributed by atoms with Crippen LogP contribution < -0.4 is 5.73 Å². The first kappa shape index (κ1) is 20.2. The number of fused-ring (bicyclic) bond motifs is 1. The van der Waals surface area contributed by atoms with Gasteiger partial charge < -0.3 is 10.3 Å². The second-order valence-electron chi connectivity index (χ2n) is 7.94. The Hall–Kier alpha value is -2.07. The van der Waals surface area contributed by atoms with Crippen molar-refractivity contribution in [2.24, 2.45) is 11.7 Å². The van der Waals surface area contributed by atoms with E-state index in [2.05, 4.69) is 15.1 Å². The van der Waals surface area contributed by atoms with E-state index in [1.54, 1.807) is 0 Å². The van der Waals surface area contributed by atoms with Crippen molar-refractivity contribution in [2.45, 2.75) is 50.5 Å². The molecule has 2 heterocycles. The number of aromatic nitrogens is 3. The summed E-state index contributed by atoms with van der Waals surface area (Å²) in [6, 6.07) is 3.14. The van der Waals surface area contributed by atoms with Crippen LogP contribution in [0.4, 0.5) is 22.0 Å². The maximum Gasteiger partial charge on any atom is 0.451 e. The molecule has 29 heavy (non-hydrogen) atoms. The molecular weight excluding hydrogens is 393 g/mol. The molecule has 1 saturated carbocycles. The van der Waals surface area contributed by atoms with Crippen molar-refractivity contribution in [2.75, 3.05) is 13.1 Å². The van der Waals surface area contributed by atoms with Crippen molar-refractivity contribution in [3.05, 3.63) is 47.0 Å². The zero-order valence-electron chi connectivity index (χ0n) is 15.7. The number of nitrogens with two attached hydrogens (primary N) is 1. The van der Waals surface area contributed by atoms with E-state index in [1.807, 2.05) is 0 Å². The van der Waals surface area contributed by atoms with Gasteiger partial charge in [-0.15, -0.1) is 10.2 Å². The summed E-state index contributed by atoms with van der Waals surface area (Å²) < 4.78 is 67.6. The number of hydrogen-bond acceptors (Lipinski definition) is 4. The maximum atomic E-state index is 14.1. The van der Waals surface area contributed by atoms with Crippen molar-refractivity contribution in [1.29, 1.82) is 0 Å². The average molecular weight is 415 g/mol. The fraction of sp³-hybridized carbons (Fsp3) is 0.579. The summed E-state index contributed by atoms with van der Waals surface area (Å²) in [6.45, 7) is 1.64. The molecule has 5 nitrogen and oxygen atoms in total. The second kappa shape index (κ2) is 7.64. The maximum absolute atomic E-state index is 14.1. The third kappa shape index (κ3) is 4.13. The summed E-state index contributed by atoms with van der Waals surface area (Å²) in [7, 11) is 0. The molecule has 1 aliphatic heterocycles. The highest BCUT2D eigenvalue weighted by atomic mass is 19.4. The Bertz CT molecular complexity index is 880. The molecule has 2 aliphatic rings. The molecule has 0 bridgehead atoms. The molecule has 0 radical (unpaired) electrons. The van der Waals surface area contributed by atoms with E-state index in [1.165, 1.54) is 6.07 Å². The quantitative estimate of drug-likeness (QED) is 0.782. The Balaban J connectivity index is 1.38. The van der Waals surface area contributed by atoms with Gasteiger partial charge >= 0.3 is 6.18 Å². The Kier molecular flexibility index (Phi) is 5.32. The summed E-state index contributed by atoms with van der Waals surface area (Å²) in [4.78, 5) is 2.06. The fourth-order valence-electron chi connectivity index (χ4n) is 4.59. The van der Waals surface area contributed by atoms with Gasteiger partial charge in [-0.3, -0.25) is 4.90 Å². The van der Waals surface area contributed by atoms with Crippen LogP contribution in [-0.2, 0) is 19.3 Å². The lowest BCUT2D eigenvalue weighted by Gasteiger charge is -2.37. The molecule has 4 rings (SSSR count). The zero-order chi connectivity index (χ0) is 20.8. The van der Waals surface area contributed by atoms with Crippen LogP contribution in [0.25, 0.3) is 0 Å². The predicted molar refractivity (Wildman–Crippen MR) is 94.7 cm³/mol. The van der Waals surface area contributed by atoms with E-state index in [0.29, 0.717) is 43.9 Å².